The first kappa shape index (κ1) is 13.2. The largest absolute Gasteiger partial charge is 0.392 e. The van der Waals surface area contributed by atoms with Crippen molar-refractivity contribution in [1.82, 2.24) is 4.90 Å². The number of carbonyl (C=O) groups excluding carboxylic acids is 1. The van der Waals surface area contributed by atoms with E-state index in [4.69, 9.17) is 10.5 Å². The standard InChI is InChI=1S/C11H20N2O3/c1-2-3-4-9(14)7-13-5-6-16-8-10(13)11(12)15/h2,9-10,14H,1,3-8H2,(H2,12,15). The molecule has 1 amide bonds. The van der Waals surface area contributed by atoms with Crippen LogP contribution in [0.3, 0.4) is 0 Å². The number of morpholine rings is 1. The number of nitrogens with zero attached hydrogens (tertiary/aromatic N) is 1. The van der Waals surface area contributed by atoms with Crippen molar-refractivity contribution in [2.24, 2.45) is 5.73 Å². The number of aliphatic hydroxyl groups is 1. The van der Waals surface area contributed by atoms with Gasteiger partial charge in [0.2, 0.25) is 5.91 Å². The van der Waals surface area contributed by atoms with E-state index in [0.29, 0.717) is 32.7 Å². The molecule has 2 atom stereocenters. The summed E-state index contributed by atoms with van der Waals surface area (Å²) in [6.45, 7) is 5.61. The Hall–Kier alpha value is -0.910. The molecule has 1 saturated heterocycles. The van der Waals surface area contributed by atoms with E-state index in [2.05, 4.69) is 6.58 Å². The zero-order chi connectivity index (χ0) is 12.0. The van der Waals surface area contributed by atoms with E-state index in [1.807, 2.05) is 4.90 Å². The van der Waals surface area contributed by atoms with Gasteiger partial charge in [0.1, 0.15) is 6.04 Å². The van der Waals surface area contributed by atoms with Gasteiger partial charge in [0.25, 0.3) is 0 Å². The molecule has 92 valence electrons. The van der Waals surface area contributed by atoms with Crippen LogP contribution in [0.25, 0.3) is 0 Å². The summed E-state index contributed by atoms with van der Waals surface area (Å²) in [5.41, 5.74) is 5.28. The van der Waals surface area contributed by atoms with E-state index in [-0.39, 0.29) is 0 Å². The number of β-amino-alcohol motifs (C(OH)–C–C–N with tert-alkyl or cyclic N) is 1. The molecule has 0 aliphatic carbocycles. The van der Waals surface area contributed by atoms with Crippen LogP contribution < -0.4 is 5.73 Å². The van der Waals surface area contributed by atoms with Crippen LogP contribution in [0.5, 0.6) is 0 Å². The maximum absolute atomic E-state index is 11.2. The Balaban J connectivity index is 2.42. The van der Waals surface area contributed by atoms with Gasteiger partial charge in [-0.05, 0) is 12.8 Å². The highest BCUT2D eigenvalue weighted by Gasteiger charge is 2.28. The van der Waals surface area contributed by atoms with Gasteiger partial charge in [0, 0.05) is 13.1 Å². The van der Waals surface area contributed by atoms with Gasteiger partial charge in [-0.2, -0.15) is 0 Å². The maximum Gasteiger partial charge on any atom is 0.237 e. The molecule has 1 heterocycles. The van der Waals surface area contributed by atoms with Crippen LogP contribution >= 0.6 is 0 Å². The molecular weight excluding hydrogens is 208 g/mol. The first-order valence-electron chi connectivity index (χ1n) is 5.55. The summed E-state index contributed by atoms with van der Waals surface area (Å²) in [5.74, 6) is -0.393. The lowest BCUT2D eigenvalue weighted by Gasteiger charge is -2.34. The Morgan fingerprint density at radius 2 is 2.50 bits per heavy atom. The Labute approximate surface area is 95.9 Å². The first-order valence-corrected chi connectivity index (χ1v) is 5.55. The molecule has 5 nitrogen and oxygen atoms in total. The minimum Gasteiger partial charge on any atom is -0.392 e. The number of hydrogen-bond donors (Lipinski definition) is 2. The fourth-order valence-electron chi connectivity index (χ4n) is 1.79. The molecule has 0 spiro atoms. The Morgan fingerprint density at radius 1 is 1.75 bits per heavy atom. The van der Waals surface area contributed by atoms with E-state index in [1.165, 1.54) is 0 Å². The van der Waals surface area contributed by atoms with Crippen molar-refractivity contribution >= 4 is 5.91 Å². The molecule has 5 heteroatoms. The van der Waals surface area contributed by atoms with Gasteiger partial charge in [-0.3, -0.25) is 9.69 Å². The molecule has 0 aromatic heterocycles. The lowest BCUT2D eigenvalue weighted by Crippen LogP contribution is -2.54. The monoisotopic (exact) mass is 228 g/mol. The van der Waals surface area contributed by atoms with Gasteiger partial charge in [-0.15, -0.1) is 6.58 Å². The second kappa shape index (κ2) is 6.62. The van der Waals surface area contributed by atoms with Crippen LogP contribution in [0.15, 0.2) is 12.7 Å². The molecule has 16 heavy (non-hydrogen) atoms. The Kier molecular flexibility index (Phi) is 5.45. The zero-order valence-corrected chi connectivity index (χ0v) is 9.47. The third kappa shape index (κ3) is 3.92. The summed E-state index contributed by atoms with van der Waals surface area (Å²) in [6, 6.07) is -0.410. The normalized spacial score (nSPS) is 23.9. The third-order valence-electron chi connectivity index (χ3n) is 2.72. The number of rotatable bonds is 6. The lowest BCUT2D eigenvalue weighted by molar-refractivity contribution is -0.130. The first-order chi connectivity index (χ1) is 7.65. The van der Waals surface area contributed by atoms with Crippen LogP contribution in [0.1, 0.15) is 12.8 Å². The van der Waals surface area contributed by atoms with Crippen molar-refractivity contribution in [3.63, 3.8) is 0 Å². The summed E-state index contributed by atoms with van der Waals surface area (Å²) in [7, 11) is 0. The number of carbonyl (C=O) groups is 1. The predicted molar refractivity (Wildman–Crippen MR) is 60.8 cm³/mol. The number of hydrogen-bond acceptors (Lipinski definition) is 4. The van der Waals surface area contributed by atoms with Crippen molar-refractivity contribution in [3.8, 4) is 0 Å². The minimum absolute atomic E-state index is 0.323. The quantitative estimate of drug-likeness (QED) is 0.601. The average molecular weight is 228 g/mol. The molecular formula is C11H20N2O3. The van der Waals surface area contributed by atoms with Crippen LogP contribution in [-0.4, -0.2) is 54.4 Å². The van der Waals surface area contributed by atoms with Crippen molar-refractivity contribution in [1.29, 1.82) is 0 Å². The molecule has 1 rings (SSSR count). The van der Waals surface area contributed by atoms with Crippen LogP contribution in [0, 0.1) is 0 Å². The van der Waals surface area contributed by atoms with Gasteiger partial charge in [0.15, 0.2) is 0 Å². The van der Waals surface area contributed by atoms with E-state index in [0.717, 1.165) is 6.42 Å². The van der Waals surface area contributed by atoms with Crippen LogP contribution in [-0.2, 0) is 9.53 Å². The predicted octanol–water partition coefficient (Wildman–Crippen LogP) is -0.500. The van der Waals surface area contributed by atoms with E-state index >= 15 is 0 Å². The highest BCUT2D eigenvalue weighted by molar-refractivity contribution is 5.80. The highest BCUT2D eigenvalue weighted by Crippen LogP contribution is 2.09. The van der Waals surface area contributed by atoms with Crippen LogP contribution in [0.4, 0.5) is 0 Å². The Bertz CT molecular complexity index is 245. The van der Waals surface area contributed by atoms with Crippen molar-refractivity contribution < 1.29 is 14.6 Å². The molecule has 0 aromatic rings. The highest BCUT2D eigenvalue weighted by atomic mass is 16.5. The minimum atomic E-state index is -0.446. The number of amides is 1. The molecule has 0 aromatic carbocycles. The average Bonchev–Trinajstić information content (AvgIpc) is 2.27. The summed E-state index contributed by atoms with van der Waals surface area (Å²) in [6.07, 6.45) is 2.76. The fourth-order valence-corrected chi connectivity index (χ4v) is 1.79. The van der Waals surface area contributed by atoms with Gasteiger partial charge < -0.3 is 15.6 Å². The van der Waals surface area contributed by atoms with E-state index < -0.39 is 18.1 Å². The van der Waals surface area contributed by atoms with Gasteiger partial charge >= 0.3 is 0 Å². The van der Waals surface area contributed by atoms with E-state index in [1.54, 1.807) is 6.08 Å². The van der Waals surface area contributed by atoms with Crippen LogP contribution in [0.2, 0.25) is 0 Å². The molecule has 1 fully saturated rings. The lowest BCUT2D eigenvalue weighted by atomic mass is 10.1. The van der Waals surface area contributed by atoms with Gasteiger partial charge in [-0.25, -0.2) is 0 Å². The van der Waals surface area contributed by atoms with E-state index in [9.17, 15) is 9.90 Å². The van der Waals surface area contributed by atoms with Gasteiger partial charge in [0.05, 0.1) is 19.3 Å². The smallest absolute Gasteiger partial charge is 0.237 e. The topological polar surface area (TPSA) is 75.8 Å². The number of allylic oxidation sites excluding steroid dienone is 1. The molecule has 1 aliphatic rings. The third-order valence-corrected chi connectivity index (χ3v) is 2.72. The van der Waals surface area contributed by atoms with Crippen molar-refractivity contribution in [3.05, 3.63) is 12.7 Å². The zero-order valence-electron chi connectivity index (χ0n) is 9.47. The second-order valence-electron chi connectivity index (χ2n) is 4.01. The summed E-state index contributed by atoms with van der Waals surface area (Å²) >= 11 is 0. The fraction of sp³-hybridized carbons (Fsp3) is 0.727. The summed E-state index contributed by atoms with van der Waals surface area (Å²) < 4.78 is 5.20. The number of aliphatic hydroxyl groups excluding tert-OH is 1. The SMILES string of the molecule is C=CCCC(O)CN1CCOCC1C(N)=O. The summed E-state index contributed by atoms with van der Waals surface area (Å²) in [4.78, 5) is 13.1. The molecule has 2 unspecified atom stereocenters. The maximum atomic E-state index is 11.2. The molecule has 0 radical (unpaired) electrons. The van der Waals surface area contributed by atoms with Gasteiger partial charge in [-0.1, -0.05) is 6.08 Å². The van der Waals surface area contributed by atoms with Crippen molar-refractivity contribution in [2.45, 2.75) is 25.0 Å². The molecule has 0 saturated carbocycles. The Morgan fingerprint density at radius 3 is 3.12 bits per heavy atom. The summed E-state index contributed by atoms with van der Waals surface area (Å²) in [5, 5.41) is 9.75. The molecule has 3 N–H and O–H groups in total. The van der Waals surface area contributed by atoms with Crippen molar-refractivity contribution in [2.75, 3.05) is 26.3 Å². The second-order valence-corrected chi connectivity index (χ2v) is 4.01. The number of primary amides is 1. The molecule has 0 bridgehead atoms. The number of nitrogens with two attached hydrogens (primary N) is 1. The number of ether oxygens (including phenoxy) is 1. The molecule has 1 aliphatic heterocycles.